The van der Waals surface area contributed by atoms with Gasteiger partial charge in [0.1, 0.15) is 0 Å². The van der Waals surface area contributed by atoms with Gasteiger partial charge in [-0.05, 0) is 38.5 Å². The minimum atomic E-state index is 0. The summed E-state index contributed by atoms with van der Waals surface area (Å²) < 4.78 is 23.6. The molecule has 0 aliphatic rings. The normalized spacial score (nSPS) is 11.1. The Morgan fingerprint density at radius 3 is 0.854 bits per heavy atom. The monoisotopic (exact) mass is 595 g/mol. The van der Waals surface area contributed by atoms with Crippen molar-refractivity contribution < 1.29 is 18.9 Å². The average molecular weight is 595 g/mol. The third-order valence-corrected chi connectivity index (χ3v) is 7.09. The van der Waals surface area contributed by atoms with Gasteiger partial charge >= 0.3 is 23.1 Å². The molecule has 4 nitrogen and oxygen atoms in total. The first-order valence-corrected chi connectivity index (χ1v) is 17.7. The third kappa shape index (κ3) is 40.6. The van der Waals surface area contributed by atoms with E-state index in [1.807, 2.05) is 0 Å². The maximum absolute atomic E-state index is 5.90. The quantitative estimate of drug-likeness (QED) is 0.0336. The van der Waals surface area contributed by atoms with E-state index in [1.54, 1.807) is 0 Å². The number of unbranched alkanes of at least 4 members (excludes halogenated alkanes) is 16. The Morgan fingerprint density at radius 1 is 0.366 bits per heavy atom. The van der Waals surface area contributed by atoms with Crippen LogP contribution in [0.3, 0.4) is 0 Å². The summed E-state index contributed by atoms with van der Waals surface area (Å²) in [6.45, 7) is 20.1. The molecule has 0 aliphatic carbocycles. The fourth-order valence-electron chi connectivity index (χ4n) is 4.38. The van der Waals surface area contributed by atoms with Gasteiger partial charge in [0.15, 0.2) is 12.6 Å². The van der Waals surface area contributed by atoms with E-state index in [4.69, 9.17) is 18.9 Å². The van der Waals surface area contributed by atoms with E-state index in [-0.39, 0.29) is 35.6 Å². The van der Waals surface area contributed by atoms with Crippen molar-refractivity contribution >= 4 is 23.1 Å². The van der Waals surface area contributed by atoms with Crippen molar-refractivity contribution in [1.29, 1.82) is 0 Å². The van der Waals surface area contributed by atoms with Gasteiger partial charge in [-0.15, -0.1) is 0 Å². The summed E-state index contributed by atoms with van der Waals surface area (Å²) in [6.07, 6.45) is 28.9. The van der Waals surface area contributed by atoms with Gasteiger partial charge < -0.3 is 32.8 Å². The standard InChI is InChI=1S/2C18H37O2.Mg/c2*1-4-7-10-13-16-19-18(15-12-9-6-3)20-17-14-11-8-5-2;/h2*18H,3-17H2,1-2H3;/q2*-1;+2. The zero-order valence-electron chi connectivity index (χ0n) is 28.7. The smallest absolute Gasteiger partial charge is 0.353 e. The summed E-state index contributed by atoms with van der Waals surface area (Å²) in [5.41, 5.74) is 0. The summed E-state index contributed by atoms with van der Waals surface area (Å²) in [4.78, 5) is 0. The van der Waals surface area contributed by atoms with Crippen LogP contribution in [0.1, 0.15) is 182 Å². The van der Waals surface area contributed by atoms with Crippen molar-refractivity contribution in [3.63, 3.8) is 0 Å². The molecule has 0 rings (SSSR count). The molecule has 0 heterocycles. The molecule has 244 valence electrons. The van der Waals surface area contributed by atoms with Gasteiger partial charge in [0.2, 0.25) is 0 Å². The molecule has 0 aromatic heterocycles. The first-order valence-electron chi connectivity index (χ1n) is 17.7. The van der Waals surface area contributed by atoms with Gasteiger partial charge in [-0.1, -0.05) is 130 Å². The molecule has 0 aliphatic heterocycles. The summed E-state index contributed by atoms with van der Waals surface area (Å²) in [5, 5.41) is 0. The average Bonchev–Trinajstić information content (AvgIpc) is 2.96. The molecule has 5 heteroatoms. The van der Waals surface area contributed by atoms with Gasteiger partial charge in [0, 0.05) is 26.4 Å². The Morgan fingerprint density at radius 2 is 0.634 bits per heavy atom. The van der Waals surface area contributed by atoms with Gasteiger partial charge in [-0.2, -0.15) is 12.8 Å². The van der Waals surface area contributed by atoms with Crippen molar-refractivity contribution in [2.45, 2.75) is 194 Å². The third-order valence-electron chi connectivity index (χ3n) is 7.09. The van der Waals surface area contributed by atoms with Crippen LogP contribution in [0.2, 0.25) is 0 Å². The van der Waals surface area contributed by atoms with Gasteiger partial charge in [-0.3, -0.25) is 0 Å². The minimum absolute atomic E-state index is 0. The predicted octanol–water partition coefficient (Wildman–Crippen LogP) is 11.4. The largest absolute Gasteiger partial charge is 2.00 e. The predicted molar refractivity (Wildman–Crippen MR) is 181 cm³/mol. The van der Waals surface area contributed by atoms with Crippen LogP contribution in [0.25, 0.3) is 0 Å². The molecular weight excluding hydrogens is 521 g/mol. The molecule has 0 aromatic rings. The van der Waals surface area contributed by atoms with Crippen molar-refractivity contribution in [1.82, 2.24) is 0 Å². The zero-order chi connectivity index (χ0) is 29.8. The van der Waals surface area contributed by atoms with Crippen LogP contribution in [0.15, 0.2) is 0 Å². The second kappa shape index (κ2) is 42.7. The van der Waals surface area contributed by atoms with Crippen molar-refractivity contribution in [3.05, 3.63) is 13.8 Å². The fraction of sp³-hybridized carbons (Fsp3) is 0.944. The van der Waals surface area contributed by atoms with Gasteiger partial charge in [0.05, 0.1) is 0 Å². The van der Waals surface area contributed by atoms with Crippen LogP contribution >= 0.6 is 0 Å². The molecular formula is C36H74MgO4. The van der Waals surface area contributed by atoms with Crippen LogP contribution in [-0.4, -0.2) is 62.1 Å². The maximum Gasteiger partial charge on any atom is 2.00 e. The molecule has 0 saturated heterocycles. The minimum Gasteiger partial charge on any atom is -0.353 e. The number of hydrogen-bond acceptors (Lipinski definition) is 4. The van der Waals surface area contributed by atoms with Crippen molar-refractivity contribution in [2.75, 3.05) is 26.4 Å². The Kier molecular flexibility index (Phi) is 48.0. The van der Waals surface area contributed by atoms with Crippen LogP contribution in [0, 0.1) is 13.8 Å². The number of ether oxygens (including phenoxy) is 4. The van der Waals surface area contributed by atoms with E-state index >= 15 is 0 Å². The van der Waals surface area contributed by atoms with Crippen molar-refractivity contribution in [3.8, 4) is 0 Å². The second-order valence-corrected chi connectivity index (χ2v) is 11.3. The summed E-state index contributed by atoms with van der Waals surface area (Å²) in [5.74, 6) is 0. The summed E-state index contributed by atoms with van der Waals surface area (Å²) in [7, 11) is 0. The molecule has 0 bridgehead atoms. The van der Waals surface area contributed by atoms with Crippen LogP contribution in [0.4, 0.5) is 0 Å². The van der Waals surface area contributed by atoms with Crippen LogP contribution in [0.5, 0.6) is 0 Å². The molecule has 0 radical (unpaired) electrons. The SMILES string of the molecule is [CH2-]CCCCC(OCCCCCC)OCCCCCC.[CH2-]CCCCC(OCCCCCC)OCCCCCC.[Mg+2]. The Hall–Kier alpha value is 0.606. The first-order chi connectivity index (χ1) is 19.7. The Labute approximate surface area is 275 Å². The molecule has 0 amide bonds. The second-order valence-electron chi connectivity index (χ2n) is 11.3. The Balaban J connectivity index is -0.000000688. The summed E-state index contributed by atoms with van der Waals surface area (Å²) >= 11 is 0. The molecule has 0 fully saturated rings. The topological polar surface area (TPSA) is 36.9 Å². The van der Waals surface area contributed by atoms with E-state index in [0.717, 1.165) is 65.0 Å². The van der Waals surface area contributed by atoms with E-state index in [0.29, 0.717) is 0 Å². The number of rotatable bonds is 32. The molecule has 0 atom stereocenters. The van der Waals surface area contributed by atoms with E-state index < -0.39 is 0 Å². The van der Waals surface area contributed by atoms with Crippen molar-refractivity contribution in [2.24, 2.45) is 0 Å². The van der Waals surface area contributed by atoms with E-state index in [1.165, 1.54) is 116 Å². The Bertz CT molecular complexity index is 358. The molecule has 0 unspecified atom stereocenters. The zero-order valence-corrected chi connectivity index (χ0v) is 30.1. The van der Waals surface area contributed by atoms with E-state index in [2.05, 4.69) is 41.5 Å². The molecule has 0 spiro atoms. The molecule has 0 saturated carbocycles. The van der Waals surface area contributed by atoms with Crippen LogP contribution in [-0.2, 0) is 18.9 Å². The fourth-order valence-corrected chi connectivity index (χ4v) is 4.38. The molecule has 41 heavy (non-hydrogen) atoms. The molecule has 0 N–H and O–H groups in total. The van der Waals surface area contributed by atoms with E-state index in [9.17, 15) is 0 Å². The van der Waals surface area contributed by atoms with Crippen LogP contribution < -0.4 is 0 Å². The maximum atomic E-state index is 5.90. The summed E-state index contributed by atoms with van der Waals surface area (Å²) in [6, 6.07) is 0. The number of hydrogen-bond donors (Lipinski definition) is 0. The van der Waals surface area contributed by atoms with Gasteiger partial charge in [0.25, 0.3) is 0 Å². The van der Waals surface area contributed by atoms with Gasteiger partial charge in [-0.25, -0.2) is 0 Å². The first kappa shape index (κ1) is 46.0. The molecule has 0 aromatic carbocycles.